The predicted octanol–water partition coefficient (Wildman–Crippen LogP) is 2.23. The van der Waals surface area contributed by atoms with Crippen molar-refractivity contribution in [3.05, 3.63) is 29.8 Å². The fraction of sp³-hybridized carbons (Fsp3) is 0.273. The molecule has 0 fully saturated rings. The second-order valence-electron chi connectivity index (χ2n) is 3.94. The second kappa shape index (κ2) is 4.01. The van der Waals surface area contributed by atoms with Gasteiger partial charge in [-0.15, -0.1) is 0 Å². The van der Waals surface area contributed by atoms with Crippen LogP contribution in [-0.2, 0) is 6.18 Å². The van der Waals surface area contributed by atoms with Gasteiger partial charge in [-0.25, -0.2) is 4.98 Å². The van der Waals surface area contributed by atoms with Gasteiger partial charge in [0.15, 0.2) is 6.29 Å². The lowest BCUT2D eigenvalue weighted by Gasteiger charge is -2.14. The predicted molar refractivity (Wildman–Crippen MR) is 59.9 cm³/mol. The van der Waals surface area contributed by atoms with E-state index < -0.39 is 12.0 Å². The number of halogens is 3. The van der Waals surface area contributed by atoms with Gasteiger partial charge in [0.1, 0.15) is 5.69 Å². The average molecular weight is 257 g/mol. The third-order valence-electron chi connectivity index (χ3n) is 2.52. The third-order valence-corrected chi connectivity index (χ3v) is 2.52. The SMILES string of the molecule is CN(C)c1cccn2c(C(F)(F)F)nc(C=O)c12. The van der Waals surface area contributed by atoms with Gasteiger partial charge < -0.3 is 4.90 Å². The summed E-state index contributed by atoms with van der Waals surface area (Å²) in [5.74, 6) is -1.09. The fourth-order valence-corrected chi connectivity index (χ4v) is 1.79. The van der Waals surface area contributed by atoms with Crippen LogP contribution in [0.15, 0.2) is 18.3 Å². The molecule has 2 aromatic rings. The highest BCUT2D eigenvalue weighted by atomic mass is 19.4. The van der Waals surface area contributed by atoms with Crippen LogP contribution in [-0.4, -0.2) is 29.8 Å². The number of hydrogen-bond acceptors (Lipinski definition) is 3. The molecule has 18 heavy (non-hydrogen) atoms. The Morgan fingerprint density at radius 3 is 2.56 bits per heavy atom. The average Bonchev–Trinajstić information content (AvgIpc) is 2.66. The summed E-state index contributed by atoms with van der Waals surface area (Å²) in [5.41, 5.74) is 0.444. The Labute approximate surface area is 101 Å². The first-order chi connectivity index (χ1) is 8.36. The Hall–Kier alpha value is -2.05. The molecule has 0 saturated heterocycles. The van der Waals surface area contributed by atoms with Crippen molar-refractivity contribution in [2.45, 2.75) is 6.18 Å². The third kappa shape index (κ3) is 1.81. The number of hydrogen-bond donors (Lipinski definition) is 0. The summed E-state index contributed by atoms with van der Waals surface area (Å²) >= 11 is 0. The lowest BCUT2D eigenvalue weighted by Crippen LogP contribution is -2.13. The summed E-state index contributed by atoms with van der Waals surface area (Å²) in [6, 6.07) is 3.11. The molecule has 2 aromatic heterocycles. The van der Waals surface area contributed by atoms with Gasteiger partial charge in [-0.3, -0.25) is 9.20 Å². The maximum Gasteiger partial charge on any atom is 0.450 e. The number of anilines is 1. The molecular formula is C11H10F3N3O. The summed E-state index contributed by atoms with van der Waals surface area (Å²) in [7, 11) is 3.37. The van der Waals surface area contributed by atoms with Crippen molar-refractivity contribution in [1.82, 2.24) is 9.38 Å². The van der Waals surface area contributed by atoms with Crippen molar-refractivity contribution in [3.8, 4) is 0 Å². The Kier molecular flexibility index (Phi) is 2.76. The second-order valence-corrected chi connectivity index (χ2v) is 3.94. The van der Waals surface area contributed by atoms with Gasteiger partial charge in [-0.2, -0.15) is 13.2 Å². The molecule has 0 N–H and O–H groups in total. The van der Waals surface area contributed by atoms with Crippen molar-refractivity contribution in [2.75, 3.05) is 19.0 Å². The monoisotopic (exact) mass is 257 g/mol. The van der Waals surface area contributed by atoms with Crippen molar-refractivity contribution in [3.63, 3.8) is 0 Å². The minimum absolute atomic E-state index is 0.157. The van der Waals surface area contributed by atoms with Crippen LogP contribution >= 0.6 is 0 Å². The highest BCUT2D eigenvalue weighted by Gasteiger charge is 2.37. The van der Waals surface area contributed by atoms with E-state index in [1.165, 1.54) is 12.3 Å². The molecule has 0 aliphatic heterocycles. The molecule has 2 rings (SSSR count). The van der Waals surface area contributed by atoms with Crippen LogP contribution in [0.1, 0.15) is 16.3 Å². The zero-order valence-electron chi connectivity index (χ0n) is 9.69. The number of rotatable bonds is 2. The molecule has 0 amide bonds. The number of aromatic nitrogens is 2. The van der Waals surface area contributed by atoms with E-state index in [4.69, 9.17) is 0 Å². The van der Waals surface area contributed by atoms with Gasteiger partial charge in [-0.1, -0.05) is 0 Å². The van der Waals surface area contributed by atoms with Gasteiger partial charge in [0, 0.05) is 20.3 Å². The van der Waals surface area contributed by atoms with E-state index in [0.717, 1.165) is 4.40 Å². The Morgan fingerprint density at radius 1 is 1.39 bits per heavy atom. The lowest BCUT2D eigenvalue weighted by atomic mass is 10.3. The topological polar surface area (TPSA) is 37.6 Å². The molecule has 0 bridgehead atoms. The molecule has 0 radical (unpaired) electrons. The Balaban J connectivity index is 2.88. The lowest BCUT2D eigenvalue weighted by molar-refractivity contribution is -0.145. The van der Waals surface area contributed by atoms with E-state index in [-0.39, 0.29) is 11.2 Å². The minimum Gasteiger partial charge on any atom is -0.376 e. The van der Waals surface area contributed by atoms with Crippen LogP contribution in [0.2, 0.25) is 0 Å². The Bertz CT molecular complexity index is 601. The number of pyridine rings is 1. The molecule has 0 saturated carbocycles. The van der Waals surface area contributed by atoms with E-state index in [9.17, 15) is 18.0 Å². The Morgan fingerprint density at radius 2 is 2.06 bits per heavy atom. The van der Waals surface area contributed by atoms with Crippen molar-refractivity contribution in [1.29, 1.82) is 0 Å². The zero-order valence-corrected chi connectivity index (χ0v) is 9.69. The maximum atomic E-state index is 12.8. The largest absolute Gasteiger partial charge is 0.450 e. The molecule has 0 aliphatic rings. The molecule has 0 aromatic carbocycles. The van der Waals surface area contributed by atoms with Crippen LogP contribution in [0, 0.1) is 0 Å². The van der Waals surface area contributed by atoms with Crippen molar-refractivity contribution >= 4 is 17.5 Å². The number of imidazole rings is 1. The summed E-state index contributed by atoms with van der Waals surface area (Å²) in [4.78, 5) is 15.9. The standard InChI is InChI=1S/C11H10F3N3O/c1-16(2)8-4-3-5-17-9(8)7(6-18)15-10(17)11(12,13)14/h3-6H,1-2H3. The van der Waals surface area contributed by atoms with Crippen LogP contribution in [0.5, 0.6) is 0 Å². The van der Waals surface area contributed by atoms with Gasteiger partial charge in [0.2, 0.25) is 5.82 Å². The molecule has 0 atom stereocenters. The molecule has 4 nitrogen and oxygen atoms in total. The molecule has 2 heterocycles. The molecule has 0 aliphatic carbocycles. The summed E-state index contributed by atoms with van der Waals surface area (Å²) in [6.07, 6.45) is -3.03. The van der Waals surface area contributed by atoms with Crippen molar-refractivity contribution in [2.24, 2.45) is 0 Å². The van der Waals surface area contributed by atoms with E-state index in [2.05, 4.69) is 4.98 Å². The van der Waals surface area contributed by atoms with Gasteiger partial charge in [0.05, 0.1) is 11.2 Å². The van der Waals surface area contributed by atoms with E-state index in [0.29, 0.717) is 12.0 Å². The molecule has 7 heteroatoms. The number of alkyl halides is 3. The van der Waals surface area contributed by atoms with Gasteiger partial charge in [-0.05, 0) is 12.1 Å². The van der Waals surface area contributed by atoms with E-state index in [1.807, 2.05) is 0 Å². The molecule has 96 valence electrons. The van der Waals surface area contributed by atoms with Crippen LogP contribution in [0.3, 0.4) is 0 Å². The van der Waals surface area contributed by atoms with Crippen LogP contribution in [0.25, 0.3) is 5.52 Å². The summed E-state index contributed by atoms with van der Waals surface area (Å²) < 4.78 is 39.3. The van der Waals surface area contributed by atoms with E-state index >= 15 is 0 Å². The van der Waals surface area contributed by atoms with E-state index in [1.54, 1.807) is 25.1 Å². The zero-order chi connectivity index (χ0) is 13.5. The first kappa shape index (κ1) is 12.4. The minimum atomic E-state index is -4.60. The number of aldehydes is 1. The highest BCUT2D eigenvalue weighted by molar-refractivity contribution is 5.91. The number of nitrogens with zero attached hydrogens (tertiary/aromatic N) is 3. The highest BCUT2D eigenvalue weighted by Crippen LogP contribution is 2.32. The van der Waals surface area contributed by atoms with Crippen molar-refractivity contribution < 1.29 is 18.0 Å². The van der Waals surface area contributed by atoms with Crippen LogP contribution in [0.4, 0.5) is 18.9 Å². The fourth-order valence-electron chi connectivity index (χ4n) is 1.79. The van der Waals surface area contributed by atoms with Gasteiger partial charge >= 0.3 is 6.18 Å². The first-order valence-electron chi connectivity index (χ1n) is 5.07. The maximum absolute atomic E-state index is 12.8. The number of fused-ring (bicyclic) bond motifs is 1. The number of carbonyl (C=O) groups is 1. The number of carbonyl (C=O) groups excluding carboxylic acids is 1. The summed E-state index contributed by atoms with van der Waals surface area (Å²) in [5, 5.41) is 0. The smallest absolute Gasteiger partial charge is 0.376 e. The van der Waals surface area contributed by atoms with Gasteiger partial charge in [0.25, 0.3) is 0 Å². The normalized spacial score (nSPS) is 11.8. The first-order valence-corrected chi connectivity index (χ1v) is 5.07. The molecule has 0 spiro atoms. The quantitative estimate of drug-likeness (QED) is 0.774. The molecular weight excluding hydrogens is 247 g/mol. The summed E-state index contributed by atoms with van der Waals surface area (Å²) in [6.45, 7) is 0. The molecule has 0 unspecified atom stereocenters. The van der Waals surface area contributed by atoms with Crippen LogP contribution < -0.4 is 4.90 Å².